The summed E-state index contributed by atoms with van der Waals surface area (Å²) in [5.41, 5.74) is -2.39. The molecule has 0 aliphatic heterocycles. The molecule has 0 saturated carbocycles. The van der Waals surface area contributed by atoms with E-state index in [0.717, 1.165) is 6.92 Å². The maximum Gasteiger partial charge on any atom is 0.178 e. The Morgan fingerprint density at radius 3 is 1.91 bits per heavy atom. The van der Waals surface area contributed by atoms with E-state index < -0.39 is 17.8 Å². The number of carbonyl (C=O) groups is 2. The molecule has 0 saturated heterocycles. The predicted octanol–water partition coefficient (Wildman–Crippen LogP) is -2.14. The minimum atomic E-state index is -2.39. The molecule has 0 bridgehead atoms. The van der Waals surface area contributed by atoms with Crippen molar-refractivity contribution in [1.29, 1.82) is 0 Å². The van der Waals surface area contributed by atoms with E-state index in [0.29, 0.717) is 0 Å². The third-order valence-corrected chi connectivity index (χ3v) is 1.46. The summed E-state index contributed by atoms with van der Waals surface area (Å²) >= 11 is 0. The lowest BCUT2D eigenvalue weighted by Gasteiger charge is -2.26. The van der Waals surface area contributed by atoms with Crippen LogP contribution in [0, 0.1) is 0 Å². The van der Waals surface area contributed by atoms with Crippen molar-refractivity contribution in [2.75, 3.05) is 0 Å². The van der Waals surface area contributed by atoms with Crippen molar-refractivity contribution in [2.45, 2.75) is 24.7 Å². The quantitative estimate of drug-likeness (QED) is 0.410. The van der Waals surface area contributed by atoms with Gasteiger partial charge >= 0.3 is 0 Å². The van der Waals surface area contributed by atoms with Gasteiger partial charge in [-0.2, -0.15) is 0 Å². The molecule has 3 N–H and O–H groups in total. The van der Waals surface area contributed by atoms with E-state index >= 15 is 0 Å². The van der Waals surface area contributed by atoms with Gasteiger partial charge in [0.1, 0.15) is 6.10 Å². The molecule has 0 amide bonds. The van der Waals surface area contributed by atoms with Crippen LogP contribution in [0.25, 0.3) is 0 Å². The zero-order valence-electron chi connectivity index (χ0n) is 5.97. The van der Waals surface area contributed by atoms with Gasteiger partial charge in [0.2, 0.25) is 0 Å². The van der Waals surface area contributed by atoms with Crippen molar-refractivity contribution >= 4 is 12.6 Å². The standard InChI is InChI=1S/C6H10O5/c1-4(9)6(11,3-8)5(10)2-7/h2-5,9-11H,1H3/t4-,5-,6+/m0/s1. The fourth-order valence-corrected chi connectivity index (χ4v) is 0.524. The number of hydrogen-bond acceptors (Lipinski definition) is 5. The Kier molecular flexibility index (Phi) is 3.31. The van der Waals surface area contributed by atoms with Crippen LogP contribution in [-0.4, -0.2) is 45.7 Å². The molecule has 0 rings (SSSR count). The minimum absolute atomic E-state index is 0.0128. The van der Waals surface area contributed by atoms with E-state index in [2.05, 4.69) is 0 Å². The number of aliphatic hydroxyl groups excluding tert-OH is 2. The topological polar surface area (TPSA) is 94.8 Å². The van der Waals surface area contributed by atoms with Crippen molar-refractivity contribution in [2.24, 2.45) is 0 Å². The molecule has 0 aromatic rings. The van der Waals surface area contributed by atoms with Gasteiger partial charge in [-0.25, -0.2) is 0 Å². The van der Waals surface area contributed by atoms with Gasteiger partial charge in [0.05, 0.1) is 6.10 Å². The Morgan fingerprint density at radius 2 is 1.82 bits per heavy atom. The summed E-state index contributed by atoms with van der Waals surface area (Å²) in [5, 5.41) is 26.6. The van der Waals surface area contributed by atoms with Crippen molar-refractivity contribution in [1.82, 2.24) is 0 Å². The number of aldehydes is 2. The highest BCUT2D eigenvalue weighted by Crippen LogP contribution is 2.11. The van der Waals surface area contributed by atoms with E-state index in [1.807, 2.05) is 0 Å². The first-order chi connectivity index (χ1) is 4.99. The first-order valence-corrected chi connectivity index (χ1v) is 2.99. The second kappa shape index (κ2) is 3.56. The molecule has 0 aromatic carbocycles. The first-order valence-electron chi connectivity index (χ1n) is 2.99. The Labute approximate surface area is 63.3 Å². The minimum Gasteiger partial charge on any atom is -0.390 e. The van der Waals surface area contributed by atoms with Crippen LogP contribution in [0.2, 0.25) is 0 Å². The molecular weight excluding hydrogens is 152 g/mol. The molecule has 0 aromatic heterocycles. The van der Waals surface area contributed by atoms with Crippen LogP contribution in [0.4, 0.5) is 0 Å². The Hall–Kier alpha value is -0.780. The van der Waals surface area contributed by atoms with E-state index in [4.69, 9.17) is 15.3 Å². The zero-order valence-corrected chi connectivity index (χ0v) is 5.97. The smallest absolute Gasteiger partial charge is 0.178 e. The van der Waals surface area contributed by atoms with Crippen molar-refractivity contribution in [3.8, 4) is 0 Å². The Balaban J connectivity index is 4.57. The lowest BCUT2D eigenvalue weighted by atomic mass is 9.94. The molecule has 11 heavy (non-hydrogen) atoms. The molecule has 0 spiro atoms. The van der Waals surface area contributed by atoms with Gasteiger partial charge in [0.25, 0.3) is 0 Å². The molecule has 5 heteroatoms. The summed E-state index contributed by atoms with van der Waals surface area (Å²) in [4.78, 5) is 20.1. The normalized spacial score (nSPS) is 21.5. The number of rotatable bonds is 4. The summed E-state index contributed by atoms with van der Waals surface area (Å²) in [6.45, 7) is 1.10. The van der Waals surface area contributed by atoms with Crippen LogP contribution in [0.15, 0.2) is 0 Å². The van der Waals surface area contributed by atoms with E-state index in [-0.39, 0.29) is 12.6 Å². The predicted molar refractivity (Wildman–Crippen MR) is 34.8 cm³/mol. The Bertz CT molecular complexity index is 155. The van der Waals surface area contributed by atoms with Gasteiger partial charge in [0.15, 0.2) is 18.2 Å². The second-order valence-electron chi connectivity index (χ2n) is 2.26. The number of aliphatic hydroxyl groups is 3. The molecule has 0 aliphatic rings. The van der Waals surface area contributed by atoms with E-state index in [1.165, 1.54) is 0 Å². The SMILES string of the molecule is C[C@H](O)[C@](O)(C=O)[C@@H](O)C=O. The summed E-state index contributed by atoms with van der Waals surface area (Å²) < 4.78 is 0. The van der Waals surface area contributed by atoms with Crippen molar-refractivity contribution in [3.63, 3.8) is 0 Å². The van der Waals surface area contributed by atoms with Gasteiger partial charge in [-0.05, 0) is 6.92 Å². The number of hydrogen-bond donors (Lipinski definition) is 3. The monoisotopic (exact) mass is 162 g/mol. The second-order valence-corrected chi connectivity index (χ2v) is 2.26. The van der Waals surface area contributed by atoms with Crippen molar-refractivity contribution < 1.29 is 24.9 Å². The van der Waals surface area contributed by atoms with Crippen LogP contribution in [0.5, 0.6) is 0 Å². The largest absolute Gasteiger partial charge is 0.390 e. The molecule has 3 atom stereocenters. The van der Waals surface area contributed by atoms with Crippen LogP contribution in [-0.2, 0) is 9.59 Å². The van der Waals surface area contributed by atoms with E-state index in [9.17, 15) is 9.59 Å². The molecular formula is C6H10O5. The highest BCUT2D eigenvalue weighted by Gasteiger charge is 2.40. The average Bonchev–Trinajstić information content (AvgIpc) is 2.01. The van der Waals surface area contributed by atoms with Gasteiger partial charge in [-0.1, -0.05) is 0 Å². The number of carbonyl (C=O) groups excluding carboxylic acids is 2. The van der Waals surface area contributed by atoms with Gasteiger partial charge in [0, 0.05) is 0 Å². The first kappa shape index (κ1) is 10.2. The summed E-state index contributed by atoms with van der Waals surface area (Å²) in [7, 11) is 0. The van der Waals surface area contributed by atoms with Crippen LogP contribution >= 0.6 is 0 Å². The fraction of sp³-hybridized carbons (Fsp3) is 0.667. The van der Waals surface area contributed by atoms with E-state index in [1.54, 1.807) is 0 Å². The third kappa shape index (κ3) is 1.83. The highest BCUT2D eigenvalue weighted by atomic mass is 16.4. The molecule has 5 nitrogen and oxygen atoms in total. The fourth-order valence-electron chi connectivity index (χ4n) is 0.524. The third-order valence-electron chi connectivity index (χ3n) is 1.46. The molecule has 0 unspecified atom stereocenters. The van der Waals surface area contributed by atoms with Gasteiger partial charge < -0.3 is 20.1 Å². The molecule has 0 fully saturated rings. The summed E-state index contributed by atoms with van der Waals surface area (Å²) in [6, 6.07) is 0. The summed E-state index contributed by atoms with van der Waals surface area (Å²) in [6.07, 6.45) is -3.45. The average molecular weight is 162 g/mol. The molecule has 0 radical (unpaired) electrons. The van der Waals surface area contributed by atoms with Crippen LogP contribution in [0.1, 0.15) is 6.92 Å². The van der Waals surface area contributed by atoms with Crippen molar-refractivity contribution in [3.05, 3.63) is 0 Å². The lowest BCUT2D eigenvalue weighted by molar-refractivity contribution is -0.160. The lowest BCUT2D eigenvalue weighted by Crippen LogP contribution is -2.53. The Morgan fingerprint density at radius 1 is 1.36 bits per heavy atom. The molecule has 64 valence electrons. The molecule has 0 heterocycles. The zero-order chi connectivity index (χ0) is 9.07. The van der Waals surface area contributed by atoms with Gasteiger partial charge in [-0.3, -0.25) is 4.79 Å². The van der Waals surface area contributed by atoms with Crippen LogP contribution in [0.3, 0.4) is 0 Å². The van der Waals surface area contributed by atoms with Gasteiger partial charge in [-0.15, -0.1) is 0 Å². The molecule has 0 aliphatic carbocycles. The highest BCUT2D eigenvalue weighted by molar-refractivity contribution is 5.73. The summed E-state index contributed by atoms with van der Waals surface area (Å²) in [5.74, 6) is 0. The van der Waals surface area contributed by atoms with Crippen LogP contribution < -0.4 is 0 Å². The maximum absolute atomic E-state index is 10.1. The maximum atomic E-state index is 10.1.